The van der Waals surface area contributed by atoms with Gasteiger partial charge in [-0.15, -0.1) is 0 Å². The molecule has 0 amide bonds. The Hall–Kier alpha value is -1.20. The molecule has 0 spiro atoms. The van der Waals surface area contributed by atoms with E-state index in [-0.39, 0.29) is 5.46 Å². The van der Waals surface area contributed by atoms with Gasteiger partial charge < -0.3 is 14.8 Å². The fourth-order valence-electron chi connectivity index (χ4n) is 1.46. The minimum atomic E-state index is -1.60. The lowest BCUT2D eigenvalue weighted by atomic mass is 9.79. The third kappa shape index (κ3) is 2.97. The van der Waals surface area contributed by atoms with Crippen molar-refractivity contribution in [2.75, 3.05) is 0 Å². The predicted molar refractivity (Wildman–Crippen MR) is 72.8 cm³/mol. The first-order chi connectivity index (χ1) is 8.58. The van der Waals surface area contributed by atoms with Crippen molar-refractivity contribution < 1.29 is 14.8 Å². The molecule has 0 bridgehead atoms. The molecule has 18 heavy (non-hydrogen) atoms. The highest BCUT2D eigenvalue weighted by atomic mass is 35.5. The maximum absolute atomic E-state index is 9.22. The summed E-state index contributed by atoms with van der Waals surface area (Å²) in [6.07, 6.45) is 0. The number of hydrogen-bond acceptors (Lipinski definition) is 3. The van der Waals surface area contributed by atoms with Crippen molar-refractivity contribution in [3.05, 3.63) is 52.5 Å². The Labute approximate surface area is 115 Å². The largest absolute Gasteiger partial charge is 0.492 e. The molecular weight excluding hydrogens is 274 g/mol. The van der Waals surface area contributed by atoms with Crippen molar-refractivity contribution in [1.82, 2.24) is 0 Å². The first-order valence-corrected chi connectivity index (χ1v) is 5.91. The minimum absolute atomic E-state index is 0.267. The molecule has 6 heteroatoms. The molecule has 2 aromatic rings. The van der Waals surface area contributed by atoms with Crippen molar-refractivity contribution >= 4 is 35.8 Å². The molecule has 2 rings (SSSR count). The van der Waals surface area contributed by atoms with Gasteiger partial charge in [-0.2, -0.15) is 0 Å². The summed E-state index contributed by atoms with van der Waals surface area (Å²) in [6.45, 7) is 0. The summed E-state index contributed by atoms with van der Waals surface area (Å²) in [4.78, 5) is 0. The molecule has 0 heterocycles. The van der Waals surface area contributed by atoms with Crippen LogP contribution >= 0.6 is 23.2 Å². The number of benzene rings is 2. The summed E-state index contributed by atoms with van der Waals surface area (Å²) >= 11 is 11.8. The van der Waals surface area contributed by atoms with Crippen molar-refractivity contribution in [3.8, 4) is 11.5 Å². The zero-order valence-electron chi connectivity index (χ0n) is 9.18. The van der Waals surface area contributed by atoms with Crippen LogP contribution < -0.4 is 10.2 Å². The van der Waals surface area contributed by atoms with Crippen LogP contribution in [0.5, 0.6) is 11.5 Å². The Morgan fingerprint density at radius 1 is 0.944 bits per heavy atom. The van der Waals surface area contributed by atoms with Gasteiger partial charge in [0.25, 0.3) is 0 Å². The van der Waals surface area contributed by atoms with Gasteiger partial charge in [0.1, 0.15) is 11.5 Å². The first kappa shape index (κ1) is 13.2. The van der Waals surface area contributed by atoms with Crippen molar-refractivity contribution in [1.29, 1.82) is 0 Å². The van der Waals surface area contributed by atoms with Gasteiger partial charge in [0.2, 0.25) is 0 Å². The summed E-state index contributed by atoms with van der Waals surface area (Å²) in [6, 6.07) is 11.4. The summed E-state index contributed by atoms with van der Waals surface area (Å²) in [5, 5.41) is 19.3. The van der Waals surface area contributed by atoms with E-state index in [1.165, 1.54) is 0 Å². The molecule has 0 radical (unpaired) electrons. The molecule has 0 unspecified atom stereocenters. The average Bonchev–Trinajstić information content (AvgIpc) is 2.33. The molecule has 0 aromatic heterocycles. The van der Waals surface area contributed by atoms with E-state index in [4.69, 9.17) is 27.9 Å². The second-order valence-corrected chi connectivity index (χ2v) is 4.43. The van der Waals surface area contributed by atoms with E-state index in [0.29, 0.717) is 21.5 Å². The molecule has 2 N–H and O–H groups in total. The zero-order valence-corrected chi connectivity index (χ0v) is 10.7. The van der Waals surface area contributed by atoms with E-state index in [1.807, 2.05) is 0 Å². The normalized spacial score (nSPS) is 10.2. The molecule has 2 aromatic carbocycles. The average molecular weight is 283 g/mol. The van der Waals surface area contributed by atoms with Crippen LogP contribution in [0.2, 0.25) is 10.0 Å². The number of halogens is 2. The Kier molecular flexibility index (Phi) is 4.14. The predicted octanol–water partition coefficient (Wildman–Crippen LogP) is 2.47. The Morgan fingerprint density at radius 2 is 1.67 bits per heavy atom. The Bertz CT molecular complexity index is 561. The first-order valence-electron chi connectivity index (χ1n) is 5.16. The topological polar surface area (TPSA) is 49.7 Å². The highest BCUT2D eigenvalue weighted by Crippen LogP contribution is 2.30. The van der Waals surface area contributed by atoms with Gasteiger partial charge >= 0.3 is 7.12 Å². The molecule has 0 aliphatic rings. The smallest absolute Gasteiger partial charge is 0.456 e. The van der Waals surface area contributed by atoms with Crippen LogP contribution in [0.1, 0.15) is 0 Å². The second-order valence-electron chi connectivity index (χ2n) is 3.59. The molecular formula is C12H9BCl2O3. The molecule has 92 valence electrons. The standard InChI is InChI=1S/C12H9BCl2O3/c14-8-5-6-12(10(15)7-8)18-11-4-2-1-3-9(11)13(16)17/h1-7,16-17H. The van der Waals surface area contributed by atoms with Gasteiger partial charge in [-0.05, 0) is 24.3 Å². The van der Waals surface area contributed by atoms with Crippen LogP contribution in [-0.2, 0) is 0 Å². The molecule has 0 saturated heterocycles. The summed E-state index contributed by atoms with van der Waals surface area (Å²) in [5.41, 5.74) is 0.267. The Morgan fingerprint density at radius 3 is 2.33 bits per heavy atom. The van der Waals surface area contributed by atoms with Gasteiger partial charge in [0.15, 0.2) is 0 Å². The van der Waals surface area contributed by atoms with Gasteiger partial charge in [-0.3, -0.25) is 0 Å². The van der Waals surface area contributed by atoms with Crippen LogP contribution in [-0.4, -0.2) is 17.2 Å². The molecule has 3 nitrogen and oxygen atoms in total. The van der Waals surface area contributed by atoms with Crippen molar-refractivity contribution in [2.45, 2.75) is 0 Å². The van der Waals surface area contributed by atoms with Crippen LogP contribution in [0.25, 0.3) is 0 Å². The number of ether oxygens (including phenoxy) is 1. The fraction of sp³-hybridized carbons (Fsp3) is 0. The van der Waals surface area contributed by atoms with E-state index in [0.717, 1.165) is 0 Å². The van der Waals surface area contributed by atoms with Crippen molar-refractivity contribution in [2.24, 2.45) is 0 Å². The fourth-order valence-corrected chi connectivity index (χ4v) is 1.91. The van der Waals surface area contributed by atoms with Gasteiger partial charge in [-0.1, -0.05) is 41.4 Å². The summed E-state index contributed by atoms with van der Waals surface area (Å²) in [7, 11) is -1.60. The maximum Gasteiger partial charge on any atom is 0.492 e. The summed E-state index contributed by atoms with van der Waals surface area (Å²) in [5.74, 6) is 0.728. The van der Waals surface area contributed by atoms with E-state index in [2.05, 4.69) is 0 Å². The van der Waals surface area contributed by atoms with Crippen molar-refractivity contribution in [3.63, 3.8) is 0 Å². The van der Waals surface area contributed by atoms with E-state index >= 15 is 0 Å². The molecule has 0 saturated carbocycles. The van der Waals surface area contributed by atoms with E-state index in [9.17, 15) is 10.0 Å². The molecule has 0 aliphatic heterocycles. The molecule has 0 aliphatic carbocycles. The van der Waals surface area contributed by atoms with Crippen LogP contribution in [0.15, 0.2) is 42.5 Å². The molecule has 0 atom stereocenters. The monoisotopic (exact) mass is 282 g/mol. The quantitative estimate of drug-likeness (QED) is 0.851. The third-order valence-electron chi connectivity index (χ3n) is 2.31. The highest BCUT2D eigenvalue weighted by Gasteiger charge is 2.17. The van der Waals surface area contributed by atoms with Gasteiger partial charge in [-0.25, -0.2) is 0 Å². The summed E-state index contributed by atoms with van der Waals surface area (Å²) < 4.78 is 5.55. The van der Waals surface area contributed by atoms with E-state index < -0.39 is 7.12 Å². The lowest BCUT2D eigenvalue weighted by Gasteiger charge is -2.11. The minimum Gasteiger partial charge on any atom is -0.456 e. The van der Waals surface area contributed by atoms with Gasteiger partial charge in [0.05, 0.1) is 5.02 Å². The zero-order chi connectivity index (χ0) is 13.1. The lowest BCUT2D eigenvalue weighted by Crippen LogP contribution is -2.30. The number of hydrogen-bond donors (Lipinski definition) is 2. The lowest BCUT2D eigenvalue weighted by molar-refractivity contribution is 0.420. The highest BCUT2D eigenvalue weighted by molar-refractivity contribution is 6.59. The SMILES string of the molecule is OB(O)c1ccccc1Oc1ccc(Cl)cc1Cl. The number of rotatable bonds is 3. The molecule has 0 fully saturated rings. The maximum atomic E-state index is 9.22. The van der Waals surface area contributed by atoms with Gasteiger partial charge in [0, 0.05) is 10.5 Å². The van der Waals surface area contributed by atoms with Crippen LogP contribution in [0.4, 0.5) is 0 Å². The Balaban J connectivity index is 2.34. The second kappa shape index (κ2) is 5.63. The number of para-hydroxylation sites is 1. The van der Waals surface area contributed by atoms with Crippen LogP contribution in [0, 0.1) is 0 Å². The van der Waals surface area contributed by atoms with E-state index in [1.54, 1.807) is 42.5 Å². The third-order valence-corrected chi connectivity index (χ3v) is 2.84. The van der Waals surface area contributed by atoms with Crippen LogP contribution in [0.3, 0.4) is 0 Å².